The summed E-state index contributed by atoms with van der Waals surface area (Å²) in [6, 6.07) is 13.3. The van der Waals surface area contributed by atoms with E-state index in [4.69, 9.17) is 0 Å². The number of likely N-dealkylation sites (tertiary alicyclic amines) is 1. The minimum absolute atomic E-state index is 0.139. The first-order valence-electron chi connectivity index (χ1n) is 11.8. The summed E-state index contributed by atoms with van der Waals surface area (Å²) in [5.74, 6) is -0.961. The SMILES string of the molecule is CN(C)C(=O)N1CC(c2cc(F)ccc2F)=CC1(CCCN1CCCCC1)c1ccccc1. The maximum atomic E-state index is 14.7. The Balaban J connectivity index is 1.74. The van der Waals surface area contributed by atoms with E-state index in [0.29, 0.717) is 12.0 Å². The summed E-state index contributed by atoms with van der Waals surface area (Å²) in [6.45, 7) is 3.44. The van der Waals surface area contributed by atoms with Crippen LogP contribution in [0.4, 0.5) is 13.6 Å². The summed E-state index contributed by atoms with van der Waals surface area (Å²) >= 11 is 0. The van der Waals surface area contributed by atoms with Crippen LogP contribution in [0.5, 0.6) is 0 Å². The minimum Gasteiger partial charge on any atom is -0.331 e. The molecule has 1 atom stereocenters. The van der Waals surface area contributed by atoms with Gasteiger partial charge in [-0.15, -0.1) is 0 Å². The van der Waals surface area contributed by atoms with Gasteiger partial charge in [0.2, 0.25) is 0 Å². The fourth-order valence-corrected chi connectivity index (χ4v) is 5.18. The maximum absolute atomic E-state index is 14.7. The van der Waals surface area contributed by atoms with E-state index in [1.165, 1.54) is 25.3 Å². The molecule has 4 nitrogen and oxygen atoms in total. The molecule has 176 valence electrons. The van der Waals surface area contributed by atoms with Gasteiger partial charge < -0.3 is 14.7 Å². The molecule has 2 aromatic carbocycles. The third-order valence-corrected chi connectivity index (χ3v) is 6.87. The number of piperidine rings is 1. The number of nitrogens with zero attached hydrogens (tertiary/aromatic N) is 3. The Morgan fingerprint density at radius 2 is 1.76 bits per heavy atom. The molecular formula is C27H33F2N3O. The van der Waals surface area contributed by atoms with Crippen LogP contribution in [0.1, 0.15) is 43.2 Å². The van der Waals surface area contributed by atoms with Gasteiger partial charge in [-0.25, -0.2) is 13.6 Å². The number of carbonyl (C=O) groups is 1. The van der Waals surface area contributed by atoms with Crippen molar-refractivity contribution in [1.82, 2.24) is 14.7 Å². The molecular weight excluding hydrogens is 420 g/mol. The molecule has 6 heteroatoms. The van der Waals surface area contributed by atoms with Crippen LogP contribution in [0.3, 0.4) is 0 Å². The molecule has 1 saturated heterocycles. The van der Waals surface area contributed by atoms with Gasteiger partial charge in [0.25, 0.3) is 0 Å². The maximum Gasteiger partial charge on any atom is 0.320 e. The summed E-state index contributed by atoms with van der Waals surface area (Å²) in [6.07, 6.45) is 7.38. The van der Waals surface area contributed by atoms with E-state index in [-0.39, 0.29) is 18.1 Å². The standard InChI is InChI=1S/C27H33F2N3O/c1-30(2)26(33)32-20-21(24-18-23(28)12-13-25(24)29)19-27(32,22-10-5-3-6-11-22)14-9-17-31-15-7-4-8-16-31/h3,5-6,10-13,18-19H,4,7-9,14-17,20H2,1-2H3. The van der Waals surface area contributed by atoms with Gasteiger partial charge in [0.15, 0.2) is 0 Å². The predicted molar refractivity (Wildman–Crippen MR) is 128 cm³/mol. The van der Waals surface area contributed by atoms with Crippen molar-refractivity contribution >= 4 is 11.6 Å². The quantitative estimate of drug-likeness (QED) is 0.577. The molecule has 1 fully saturated rings. The fourth-order valence-electron chi connectivity index (χ4n) is 5.18. The summed E-state index contributed by atoms with van der Waals surface area (Å²) < 4.78 is 28.7. The Morgan fingerprint density at radius 3 is 2.45 bits per heavy atom. The molecule has 33 heavy (non-hydrogen) atoms. The zero-order valence-corrected chi connectivity index (χ0v) is 19.6. The van der Waals surface area contributed by atoms with E-state index in [1.54, 1.807) is 19.0 Å². The van der Waals surface area contributed by atoms with Crippen molar-refractivity contribution in [3.63, 3.8) is 0 Å². The lowest BCUT2D eigenvalue weighted by molar-refractivity contribution is 0.125. The van der Waals surface area contributed by atoms with Gasteiger partial charge in [-0.05, 0) is 80.7 Å². The number of benzene rings is 2. The second-order valence-electron chi connectivity index (χ2n) is 9.35. The summed E-state index contributed by atoms with van der Waals surface area (Å²) in [5.41, 5.74) is 1.14. The lowest BCUT2D eigenvalue weighted by Gasteiger charge is -2.40. The molecule has 1 unspecified atom stereocenters. The van der Waals surface area contributed by atoms with Crippen LogP contribution in [-0.4, -0.2) is 61.0 Å². The first-order valence-corrected chi connectivity index (χ1v) is 11.8. The topological polar surface area (TPSA) is 26.8 Å². The highest BCUT2D eigenvalue weighted by atomic mass is 19.1. The number of hydrogen-bond acceptors (Lipinski definition) is 2. The van der Waals surface area contributed by atoms with Crippen LogP contribution in [0, 0.1) is 11.6 Å². The number of rotatable bonds is 6. The zero-order chi connectivity index (χ0) is 23.4. The molecule has 4 rings (SSSR count). The monoisotopic (exact) mass is 453 g/mol. The molecule has 0 aromatic heterocycles. The van der Waals surface area contributed by atoms with Gasteiger partial charge in [0.05, 0.1) is 5.54 Å². The van der Waals surface area contributed by atoms with Crippen LogP contribution < -0.4 is 0 Å². The Hall–Kier alpha value is -2.73. The Morgan fingerprint density at radius 1 is 1.03 bits per heavy atom. The number of urea groups is 1. The van der Waals surface area contributed by atoms with E-state index in [9.17, 15) is 13.6 Å². The Bertz CT molecular complexity index is 1000. The summed E-state index contributed by atoms with van der Waals surface area (Å²) in [7, 11) is 3.46. The van der Waals surface area contributed by atoms with Gasteiger partial charge in [0.1, 0.15) is 11.6 Å². The van der Waals surface area contributed by atoms with Crippen molar-refractivity contribution in [2.45, 2.75) is 37.6 Å². The van der Waals surface area contributed by atoms with Crippen LogP contribution in [0.15, 0.2) is 54.6 Å². The number of amides is 2. The minimum atomic E-state index is -0.716. The number of hydrogen-bond donors (Lipinski definition) is 0. The second kappa shape index (κ2) is 10.0. The number of carbonyl (C=O) groups excluding carboxylic acids is 1. The molecule has 0 aliphatic carbocycles. The molecule has 2 heterocycles. The molecule has 2 amide bonds. The highest BCUT2D eigenvalue weighted by Crippen LogP contribution is 2.44. The third kappa shape index (κ3) is 4.96. The molecule has 2 aliphatic rings. The predicted octanol–water partition coefficient (Wildman–Crippen LogP) is 5.51. The smallest absolute Gasteiger partial charge is 0.320 e. The molecule has 0 bridgehead atoms. The van der Waals surface area contributed by atoms with E-state index in [2.05, 4.69) is 4.90 Å². The van der Waals surface area contributed by atoms with Crippen LogP contribution in [0.25, 0.3) is 5.57 Å². The molecule has 2 aromatic rings. The molecule has 0 saturated carbocycles. The van der Waals surface area contributed by atoms with Crippen LogP contribution in [0.2, 0.25) is 0 Å². The lowest BCUT2D eigenvalue weighted by Crippen LogP contribution is -2.49. The van der Waals surface area contributed by atoms with E-state index in [0.717, 1.165) is 43.8 Å². The highest BCUT2D eigenvalue weighted by Gasteiger charge is 2.45. The molecule has 0 radical (unpaired) electrons. The van der Waals surface area contributed by atoms with E-state index in [1.807, 2.05) is 41.3 Å². The largest absolute Gasteiger partial charge is 0.331 e. The Labute approximate surface area is 195 Å². The van der Waals surface area contributed by atoms with E-state index >= 15 is 0 Å². The fraction of sp³-hybridized carbons (Fsp3) is 0.444. The van der Waals surface area contributed by atoms with Gasteiger partial charge in [-0.3, -0.25) is 0 Å². The first-order chi connectivity index (χ1) is 15.9. The third-order valence-electron chi connectivity index (χ3n) is 6.87. The average molecular weight is 454 g/mol. The molecule has 0 N–H and O–H groups in total. The highest BCUT2D eigenvalue weighted by molar-refractivity contribution is 5.83. The van der Waals surface area contributed by atoms with Crippen molar-refractivity contribution < 1.29 is 13.6 Å². The van der Waals surface area contributed by atoms with Gasteiger partial charge in [0, 0.05) is 26.2 Å². The van der Waals surface area contributed by atoms with Gasteiger partial charge in [-0.2, -0.15) is 0 Å². The van der Waals surface area contributed by atoms with Crippen molar-refractivity contribution in [1.29, 1.82) is 0 Å². The normalized spacial score (nSPS) is 21.2. The Kier molecular flexibility index (Phi) is 7.13. The van der Waals surface area contributed by atoms with E-state index < -0.39 is 17.2 Å². The first kappa shape index (κ1) is 23.4. The summed E-state index contributed by atoms with van der Waals surface area (Å²) in [4.78, 5) is 19.2. The molecule has 2 aliphatic heterocycles. The average Bonchev–Trinajstić information content (AvgIpc) is 3.21. The lowest BCUT2D eigenvalue weighted by atomic mass is 9.84. The van der Waals surface area contributed by atoms with Crippen molar-refractivity contribution in [3.8, 4) is 0 Å². The van der Waals surface area contributed by atoms with Crippen molar-refractivity contribution in [2.75, 3.05) is 40.3 Å². The van der Waals surface area contributed by atoms with Crippen molar-refractivity contribution in [3.05, 3.63) is 77.4 Å². The zero-order valence-electron chi connectivity index (χ0n) is 19.6. The van der Waals surface area contributed by atoms with Crippen molar-refractivity contribution in [2.24, 2.45) is 0 Å². The molecule has 0 spiro atoms. The van der Waals surface area contributed by atoms with Gasteiger partial charge in [-0.1, -0.05) is 36.8 Å². The number of halogens is 2. The van der Waals surface area contributed by atoms with Crippen LogP contribution >= 0.6 is 0 Å². The van der Waals surface area contributed by atoms with Crippen LogP contribution in [-0.2, 0) is 5.54 Å². The summed E-state index contributed by atoms with van der Waals surface area (Å²) in [5, 5.41) is 0. The second-order valence-corrected chi connectivity index (χ2v) is 9.35. The van der Waals surface area contributed by atoms with Gasteiger partial charge >= 0.3 is 6.03 Å².